The number of benzene rings is 1. The zero-order chi connectivity index (χ0) is 15.4. The summed E-state index contributed by atoms with van der Waals surface area (Å²) in [6.07, 6.45) is 1.62. The van der Waals surface area contributed by atoms with E-state index in [-0.39, 0.29) is 12.5 Å². The number of anilines is 1. The molecule has 0 aliphatic rings. The summed E-state index contributed by atoms with van der Waals surface area (Å²) in [7, 11) is 3.50. The molecule has 0 bridgehead atoms. The molecule has 5 nitrogen and oxygen atoms in total. The smallest absolute Gasteiger partial charge is 0.239 e. The van der Waals surface area contributed by atoms with Gasteiger partial charge in [0, 0.05) is 19.8 Å². The fourth-order valence-corrected chi connectivity index (χ4v) is 2.29. The Kier molecular flexibility index (Phi) is 4.85. The lowest BCUT2D eigenvalue weighted by molar-refractivity contribution is -0.119. The number of imidazole rings is 1. The van der Waals surface area contributed by atoms with E-state index < -0.39 is 0 Å². The van der Waals surface area contributed by atoms with Gasteiger partial charge in [-0.15, -0.1) is 0 Å². The predicted octanol–water partition coefficient (Wildman–Crippen LogP) is 2.13. The highest BCUT2D eigenvalue weighted by Gasteiger charge is 2.16. The molecule has 1 aromatic carbocycles. The summed E-state index contributed by atoms with van der Waals surface area (Å²) in [5, 5.41) is 3.23. The van der Waals surface area contributed by atoms with Crippen molar-refractivity contribution in [3.63, 3.8) is 0 Å². The van der Waals surface area contributed by atoms with Crippen molar-refractivity contribution in [2.45, 2.75) is 13.5 Å². The second-order valence-electron chi connectivity index (χ2n) is 4.87. The molecule has 1 amide bonds. The molecule has 0 aliphatic carbocycles. The highest BCUT2D eigenvalue weighted by atomic mass is 35.5. The Morgan fingerprint density at radius 1 is 1.43 bits per heavy atom. The molecule has 2 aromatic rings. The number of hydrogen-bond donors (Lipinski definition) is 1. The zero-order valence-corrected chi connectivity index (χ0v) is 13.2. The van der Waals surface area contributed by atoms with Crippen LogP contribution in [0.3, 0.4) is 0 Å². The Bertz CT molecular complexity index is 638. The number of carbonyl (C=O) groups excluding carboxylic acids is 1. The molecular formula is C15H19ClN4O. The number of likely N-dealkylation sites (N-methyl/N-ethyl adjacent to an activating group) is 1. The lowest BCUT2D eigenvalue weighted by Crippen LogP contribution is -2.36. The number of nitrogens with one attached hydrogen (secondary N) is 1. The van der Waals surface area contributed by atoms with Crippen molar-refractivity contribution in [1.82, 2.24) is 14.9 Å². The fraction of sp³-hybridized carbons (Fsp3) is 0.333. The third-order valence-electron chi connectivity index (χ3n) is 3.43. The van der Waals surface area contributed by atoms with E-state index in [1.165, 1.54) is 0 Å². The third kappa shape index (κ3) is 3.55. The lowest BCUT2D eigenvalue weighted by Gasteiger charge is -2.25. The van der Waals surface area contributed by atoms with E-state index >= 15 is 0 Å². The second-order valence-corrected chi connectivity index (χ2v) is 5.26. The normalized spacial score (nSPS) is 10.5. The average Bonchev–Trinajstić information content (AvgIpc) is 2.79. The molecule has 2 rings (SSSR count). The molecule has 0 saturated carbocycles. The van der Waals surface area contributed by atoms with Crippen molar-refractivity contribution < 1.29 is 4.79 Å². The predicted molar refractivity (Wildman–Crippen MR) is 84.5 cm³/mol. The van der Waals surface area contributed by atoms with E-state index in [0.29, 0.717) is 11.7 Å². The van der Waals surface area contributed by atoms with Crippen LogP contribution in [-0.2, 0) is 18.4 Å². The van der Waals surface area contributed by atoms with Crippen LogP contribution in [-0.4, -0.2) is 29.1 Å². The molecule has 0 fully saturated rings. The number of carbonyl (C=O) groups is 1. The standard InChI is InChI=1S/C15H19ClN4O/c1-11-6-4-5-7-12(11)20(10-15(21)17-2)9-14-18-8-13(16)19(14)3/h4-8H,9-10H2,1-3H3,(H,17,21). The maximum absolute atomic E-state index is 11.8. The van der Waals surface area contributed by atoms with Gasteiger partial charge in [-0.1, -0.05) is 29.8 Å². The molecule has 0 atom stereocenters. The topological polar surface area (TPSA) is 50.2 Å². The van der Waals surface area contributed by atoms with Gasteiger partial charge in [0.15, 0.2) is 0 Å². The molecule has 0 aliphatic heterocycles. The molecule has 0 spiro atoms. The Hall–Kier alpha value is -2.01. The van der Waals surface area contributed by atoms with Gasteiger partial charge in [-0.05, 0) is 18.6 Å². The van der Waals surface area contributed by atoms with Crippen LogP contribution in [0.4, 0.5) is 5.69 Å². The SMILES string of the molecule is CNC(=O)CN(Cc1ncc(Cl)n1C)c1ccccc1C. The first-order valence-electron chi connectivity index (χ1n) is 6.70. The van der Waals surface area contributed by atoms with Crippen LogP contribution in [0.5, 0.6) is 0 Å². The number of para-hydroxylation sites is 1. The van der Waals surface area contributed by atoms with Gasteiger partial charge in [0.05, 0.1) is 19.3 Å². The highest BCUT2D eigenvalue weighted by molar-refractivity contribution is 6.29. The number of nitrogens with zero attached hydrogens (tertiary/aromatic N) is 3. The minimum absolute atomic E-state index is 0.0430. The Balaban J connectivity index is 2.30. The number of hydrogen-bond acceptors (Lipinski definition) is 3. The monoisotopic (exact) mass is 306 g/mol. The highest BCUT2D eigenvalue weighted by Crippen LogP contribution is 2.21. The molecule has 1 aromatic heterocycles. The quantitative estimate of drug-likeness (QED) is 0.921. The molecule has 6 heteroatoms. The van der Waals surface area contributed by atoms with Crippen LogP contribution in [0, 0.1) is 6.92 Å². The lowest BCUT2D eigenvalue weighted by atomic mass is 10.2. The van der Waals surface area contributed by atoms with Crippen LogP contribution >= 0.6 is 11.6 Å². The first-order valence-corrected chi connectivity index (χ1v) is 7.08. The van der Waals surface area contributed by atoms with Crippen molar-refractivity contribution in [3.05, 3.63) is 47.0 Å². The summed E-state index contributed by atoms with van der Waals surface area (Å²) in [5.74, 6) is 0.769. The number of rotatable bonds is 5. The molecule has 112 valence electrons. The Morgan fingerprint density at radius 2 is 2.14 bits per heavy atom. The van der Waals surface area contributed by atoms with Gasteiger partial charge in [0.25, 0.3) is 0 Å². The number of halogens is 1. The van der Waals surface area contributed by atoms with E-state index in [4.69, 9.17) is 11.6 Å². The summed E-state index contributed by atoms with van der Waals surface area (Å²) < 4.78 is 1.82. The van der Waals surface area contributed by atoms with E-state index in [1.807, 2.05) is 47.7 Å². The van der Waals surface area contributed by atoms with Crippen molar-refractivity contribution in [2.24, 2.45) is 7.05 Å². The molecule has 1 heterocycles. The molecule has 0 unspecified atom stereocenters. The van der Waals surface area contributed by atoms with Gasteiger partial charge in [-0.3, -0.25) is 4.79 Å². The number of amides is 1. The van der Waals surface area contributed by atoms with E-state index in [0.717, 1.165) is 17.1 Å². The second kappa shape index (κ2) is 6.63. The molecule has 1 N–H and O–H groups in total. The molecule has 0 saturated heterocycles. The van der Waals surface area contributed by atoms with Gasteiger partial charge in [0.1, 0.15) is 11.0 Å². The molecular weight excluding hydrogens is 288 g/mol. The van der Waals surface area contributed by atoms with Gasteiger partial charge in [-0.2, -0.15) is 0 Å². The summed E-state index contributed by atoms with van der Waals surface area (Å²) in [6.45, 7) is 2.81. The summed E-state index contributed by atoms with van der Waals surface area (Å²) >= 11 is 6.03. The maximum atomic E-state index is 11.8. The average molecular weight is 307 g/mol. The van der Waals surface area contributed by atoms with E-state index in [1.54, 1.807) is 13.2 Å². The van der Waals surface area contributed by atoms with Crippen LogP contribution < -0.4 is 10.2 Å². The van der Waals surface area contributed by atoms with Gasteiger partial charge < -0.3 is 14.8 Å². The van der Waals surface area contributed by atoms with Crippen molar-refractivity contribution in [1.29, 1.82) is 0 Å². The number of aryl methyl sites for hydroxylation is 1. The zero-order valence-electron chi connectivity index (χ0n) is 12.4. The van der Waals surface area contributed by atoms with Crippen LogP contribution in [0.15, 0.2) is 30.5 Å². The molecule has 0 radical (unpaired) electrons. The van der Waals surface area contributed by atoms with Crippen LogP contribution in [0.1, 0.15) is 11.4 Å². The Labute approximate surface area is 129 Å². The van der Waals surface area contributed by atoms with Crippen molar-refractivity contribution >= 4 is 23.2 Å². The van der Waals surface area contributed by atoms with E-state index in [9.17, 15) is 4.79 Å². The Morgan fingerprint density at radius 3 is 2.71 bits per heavy atom. The first kappa shape index (κ1) is 15.4. The van der Waals surface area contributed by atoms with Crippen molar-refractivity contribution in [2.75, 3.05) is 18.5 Å². The maximum Gasteiger partial charge on any atom is 0.239 e. The largest absolute Gasteiger partial charge is 0.358 e. The third-order valence-corrected chi connectivity index (χ3v) is 3.78. The van der Waals surface area contributed by atoms with Gasteiger partial charge in [-0.25, -0.2) is 4.98 Å². The van der Waals surface area contributed by atoms with E-state index in [2.05, 4.69) is 10.3 Å². The minimum Gasteiger partial charge on any atom is -0.358 e. The van der Waals surface area contributed by atoms with Crippen LogP contribution in [0.2, 0.25) is 5.15 Å². The summed E-state index contributed by atoms with van der Waals surface area (Å²) in [4.78, 5) is 18.1. The fourth-order valence-electron chi connectivity index (χ4n) is 2.14. The number of aromatic nitrogens is 2. The summed E-state index contributed by atoms with van der Waals surface area (Å²) in [5.41, 5.74) is 2.13. The van der Waals surface area contributed by atoms with Gasteiger partial charge >= 0.3 is 0 Å². The van der Waals surface area contributed by atoms with Crippen molar-refractivity contribution in [3.8, 4) is 0 Å². The first-order chi connectivity index (χ1) is 10.0. The van der Waals surface area contributed by atoms with Gasteiger partial charge in [0.2, 0.25) is 5.91 Å². The summed E-state index contributed by atoms with van der Waals surface area (Å²) in [6, 6.07) is 7.97. The minimum atomic E-state index is -0.0430. The van der Waals surface area contributed by atoms with Crippen LogP contribution in [0.25, 0.3) is 0 Å². The molecule has 21 heavy (non-hydrogen) atoms.